The minimum atomic E-state index is -0.694. The van der Waals surface area contributed by atoms with Gasteiger partial charge in [0.05, 0.1) is 23.7 Å². The second kappa shape index (κ2) is 7.61. The number of Topliss-reactive ketones (excluding diaryl/α,β-unsaturated/α-hetero) is 1. The smallest absolute Gasteiger partial charge is 0.339 e. The van der Waals surface area contributed by atoms with Gasteiger partial charge in [0.2, 0.25) is 5.69 Å². The van der Waals surface area contributed by atoms with Gasteiger partial charge in [-0.05, 0) is 39.8 Å². The number of carbonyl (C=O) groups is 3. The molecule has 8 heteroatoms. The fraction of sp³-hybridized carbons (Fsp3) is 0.368. The number of hydrogen-bond acceptors (Lipinski definition) is 6. The first-order chi connectivity index (χ1) is 12.5. The molecule has 0 bridgehead atoms. The van der Waals surface area contributed by atoms with E-state index in [-0.39, 0.29) is 29.3 Å². The molecule has 0 atom stereocenters. The maximum absolute atomic E-state index is 12.4. The van der Waals surface area contributed by atoms with Crippen LogP contribution in [0.5, 0.6) is 0 Å². The first-order valence-corrected chi connectivity index (χ1v) is 8.25. The number of methoxy groups -OCH3 is 1. The number of nitrogens with zero attached hydrogens (tertiary/aromatic N) is 2. The zero-order valence-electron chi connectivity index (χ0n) is 15.9. The molecule has 0 aromatic carbocycles. The SMILES string of the molecule is COC(=O)c1cc(-c2ccc(C(C)=O)c[n+]2[O-])n(COC(=O)C(C)(C)C)c1. The summed E-state index contributed by atoms with van der Waals surface area (Å²) in [4.78, 5) is 35.3. The van der Waals surface area contributed by atoms with Gasteiger partial charge >= 0.3 is 11.9 Å². The van der Waals surface area contributed by atoms with Crippen LogP contribution in [0.2, 0.25) is 0 Å². The molecule has 0 spiro atoms. The molecule has 8 nitrogen and oxygen atoms in total. The number of ether oxygens (including phenoxy) is 2. The number of ketones is 1. The minimum Gasteiger partial charge on any atom is -0.618 e. The number of hydrogen-bond donors (Lipinski definition) is 0. The number of esters is 2. The molecule has 0 radical (unpaired) electrons. The zero-order valence-corrected chi connectivity index (χ0v) is 15.9. The third-order valence-electron chi connectivity index (χ3n) is 3.85. The molecule has 2 aromatic rings. The van der Waals surface area contributed by atoms with Crippen LogP contribution in [0.3, 0.4) is 0 Å². The van der Waals surface area contributed by atoms with Crippen molar-refractivity contribution in [3.63, 3.8) is 0 Å². The molecule has 0 saturated carbocycles. The lowest BCUT2D eigenvalue weighted by Crippen LogP contribution is -2.31. The van der Waals surface area contributed by atoms with Crippen LogP contribution in [0.1, 0.15) is 48.4 Å². The van der Waals surface area contributed by atoms with Gasteiger partial charge in [0.15, 0.2) is 18.7 Å². The molecule has 0 N–H and O–H groups in total. The van der Waals surface area contributed by atoms with Crippen LogP contribution in [0.25, 0.3) is 11.4 Å². The summed E-state index contributed by atoms with van der Waals surface area (Å²) in [5.74, 6) is -1.26. The summed E-state index contributed by atoms with van der Waals surface area (Å²) in [6, 6.07) is 4.46. The van der Waals surface area contributed by atoms with Crippen molar-refractivity contribution in [1.29, 1.82) is 0 Å². The summed E-state index contributed by atoms with van der Waals surface area (Å²) in [7, 11) is 1.24. The molecular formula is C19H22N2O6. The van der Waals surface area contributed by atoms with E-state index in [9.17, 15) is 19.6 Å². The Kier molecular flexibility index (Phi) is 5.68. The summed E-state index contributed by atoms with van der Waals surface area (Å²) in [6.07, 6.45) is 2.60. The highest BCUT2D eigenvalue weighted by Crippen LogP contribution is 2.22. The summed E-state index contributed by atoms with van der Waals surface area (Å²) in [5, 5.41) is 12.4. The highest BCUT2D eigenvalue weighted by Gasteiger charge is 2.25. The van der Waals surface area contributed by atoms with E-state index in [1.165, 1.54) is 43.0 Å². The van der Waals surface area contributed by atoms with Crippen molar-refractivity contribution in [2.45, 2.75) is 34.4 Å². The summed E-state index contributed by atoms with van der Waals surface area (Å²) in [5.41, 5.74) is 0.318. The maximum Gasteiger partial charge on any atom is 0.339 e. The average molecular weight is 374 g/mol. The van der Waals surface area contributed by atoms with E-state index in [1.54, 1.807) is 20.8 Å². The van der Waals surface area contributed by atoms with Crippen LogP contribution < -0.4 is 4.73 Å². The van der Waals surface area contributed by atoms with Gasteiger partial charge in [-0.1, -0.05) is 0 Å². The highest BCUT2D eigenvalue weighted by molar-refractivity contribution is 5.93. The van der Waals surface area contributed by atoms with Crippen LogP contribution >= 0.6 is 0 Å². The monoisotopic (exact) mass is 374 g/mol. The molecule has 2 aromatic heterocycles. The van der Waals surface area contributed by atoms with Crippen LogP contribution in [0, 0.1) is 10.6 Å². The van der Waals surface area contributed by atoms with Gasteiger partial charge in [-0.2, -0.15) is 4.73 Å². The molecule has 2 rings (SSSR count). The summed E-state index contributed by atoms with van der Waals surface area (Å²) < 4.78 is 12.0. The Morgan fingerprint density at radius 1 is 1.19 bits per heavy atom. The Labute approximate surface area is 156 Å². The van der Waals surface area contributed by atoms with E-state index in [0.29, 0.717) is 10.4 Å². The quantitative estimate of drug-likeness (QED) is 0.344. The number of pyridine rings is 1. The minimum absolute atomic E-state index is 0.184. The predicted molar refractivity (Wildman–Crippen MR) is 95.7 cm³/mol. The first kappa shape index (κ1) is 20.2. The number of aromatic nitrogens is 2. The van der Waals surface area contributed by atoms with Gasteiger partial charge in [0.25, 0.3) is 0 Å². The Morgan fingerprint density at radius 2 is 1.85 bits per heavy atom. The summed E-state index contributed by atoms with van der Waals surface area (Å²) >= 11 is 0. The van der Waals surface area contributed by atoms with Crippen molar-refractivity contribution in [3.8, 4) is 11.4 Å². The topological polar surface area (TPSA) is 102 Å². The largest absolute Gasteiger partial charge is 0.618 e. The highest BCUT2D eigenvalue weighted by atomic mass is 16.5. The van der Waals surface area contributed by atoms with Gasteiger partial charge in [0, 0.05) is 12.3 Å². The third kappa shape index (κ3) is 4.52. The van der Waals surface area contributed by atoms with Gasteiger partial charge in [0.1, 0.15) is 5.69 Å². The molecule has 0 amide bonds. The van der Waals surface area contributed by atoms with E-state index in [1.807, 2.05) is 0 Å². The fourth-order valence-corrected chi connectivity index (χ4v) is 2.29. The van der Waals surface area contributed by atoms with E-state index in [0.717, 1.165) is 6.20 Å². The Bertz CT molecular complexity index is 892. The predicted octanol–water partition coefficient (Wildman–Crippen LogP) is 2.32. The lowest BCUT2D eigenvalue weighted by atomic mass is 9.98. The van der Waals surface area contributed by atoms with Crippen LogP contribution in [-0.2, 0) is 21.0 Å². The van der Waals surface area contributed by atoms with Crippen LogP contribution in [-0.4, -0.2) is 29.4 Å². The second-order valence-corrected chi connectivity index (χ2v) is 7.07. The third-order valence-corrected chi connectivity index (χ3v) is 3.85. The standard InChI is InChI=1S/C19H22N2O6/c1-12(22)13-6-7-15(21(25)10-13)16-8-14(17(23)26-5)9-20(16)11-27-18(24)19(2,3)4/h6-10H,11H2,1-5H3. The van der Waals surface area contributed by atoms with E-state index in [4.69, 9.17) is 9.47 Å². The summed E-state index contributed by atoms with van der Waals surface area (Å²) in [6.45, 7) is 6.34. The van der Waals surface area contributed by atoms with Gasteiger partial charge in [-0.3, -0.25) is 9.59 Å². The molecule has 2 heterocycles. The fourth-order valence-electron chi connectivity index (χ4n) is 2.29. The molecule has 0 aliphatic carbocycles. The van der Waals surface area contributed by atoms with Gasteiger partial charge < -0.3 is 19.2 Å². The van der Waals surface area contributed by atoms with Crippen LogP contribution in [0.4, 0.5) is 0 Å². The Balaban J connectivity index is 2.45. The van der Waals surface area contributed by atoms with E-state index < -0.39 is 17.4 Å². The van der Waals surface area contributed by atoms with Crippen molar-refractivity contribution < 1.29 is 28.6 Å². The zero-order chi connectivity index (χ0) is 20.4. The van der Waals surface area contributed by atoms with Crippen LogP contribution in [0.15, 0.2) is 30.6 Å². The normalized spacial score (nSPS) is 11.1. The Morgan fingerprint density at radius 3 is 2.37 bits per heavy atom. The molecule has 0 saturated heterocycles. The number of carbonyl (C=O) groups excluding carboxylic acids is 3. The molecule has 0 aliphatic rings. The van der Waals surface area contributed by atoms with Crippen molar-refractivity contribution >= 4 is 17.7 Å². The average Bonchev–Trinajstić information content (AvgIpc) is 3.01. The van der Waals surface area contributed by atoms with Crippen molar-refractivity contribution in [3.05, 3.63) is 46.9 Å². The second-order valence-electron chi connectivity index (χ2n) is 7.07. The van der Waals surface area contributed by atoms with E-state index in [2.05, 4.69) is 0 Å². The lowest BCUT2D eigenvalue weighted by Gasteiger charge is -2.17. The maximum atomic E-state index is 12.4. The molecule has 27 heavy (non-hydrogen) atoms. The van der Waals surface area contributed by atoms with Crippen molar-refractivity contribution in [2.75, 3.05) is 7.11 Å². The lowest BCUT2D eigenvalue weighted by molar-refractivity contribution is -0.594. The van der Waals surface area contributed by atoms with Crippen molar-refractivity contribution in [1.82, 2.24) is 4.57 Å². The van der Waals surface area contributed by atoms with E-state index >= 15 is 0 Å². The first-order valence-electron chi connectivity index (χ1n) is 8.25. The van der Waals surface area contributed by atoms with Gasteiger partial charge in [-0.15, -0.1) is 0 Å². The molecule has 0 aliphatic heterocycles. The molecule has 144 valence electrons. The molecule has 0 unspecified atom stereocenters. The number of rotatable bonds is 5. The van der Waals surface area contributed by atoms with Gasteiger partial charge in [-0.25, -0.2) is 4.79 Å². The van der Waals surface area contributed by atoms with Crippen molar-refractivity contribution in [2.24, 2.45) is 5.41 Å². The molecule has 0 fully saturated rings. The molecular weight excluding hydrogens is 352 g/mol. The Hall–Kier alpha value is -3.16.